The first kappa shape index (κ1) is 10.4. The van der Waals surface area contributed by atoms with E-state index in [0.29, 0.717) is 5.46 Å². The summed E-state index contributed by atoms with van der Waals surface area (Å²) in [5.74, 6) is -1.58. The zero-order valence-corrected chi connectivity index (χ0v) is 8.72. The zero-order chi connectivity index (χ0) is 12.0. The smallest absolute Gasteiger partial charge is 0.354 e. The molecule has 0 fully saturated rings. The number of hydrogen-bond donors (Lipinski definition) is 3. The van der Waals surface area contributed by atoms with Gasteiger partial charge in [0.1, 0.15) is 19.2 Å². The lowest BCUT2D eigenvalue weighted by Gasteiger charge is -2.10. The van der Waals surface area contributed by atoms with Crippen LogP contribution in [0.2, 0.25) is 0 Å². The molecule has 80 valence electrons. The number of nitrogens with zero attached hydrogens (tertiary/aromatic N) is 2. The molecular formula is C8H8B2N2O4. The maximum absolute atomic E-state index is 10.9. The predicted octanol–water partition coefficient (Wildman–Crippen LogP) is -3.04. The molecule has 2 aromatic rings. The van der Waals surface area contributed by atoms with Crippen molar-refractivity contribution >= 4 is 38.2 Å². The Morgan fingerprint density at radius 2 is 1.94 bits per heavy atom. The SMILES string of the molecule is Bc1c(O)c(B)c2ncc(C(=O)O)n2c1O. The Hall–Kier alpha value is -2.11. The van der Waals surface area contributed by atoms with Gasteiger partial charge in [0.05, 0.1) is 6.20 Å². The number of fused-ring (bicyclic) bond motifs is 1. The molecule has 0 amide bonds. The molecule has 0 bridgehead atoms. The van der Waals surface area contributed by atoms with Gasteiger partial charge in [0, 0.05) is 5.46 Å². The van der Waals surface area contributed by atoms with Crippen molar-refractivity contribution in [2.24, 2.45) is 0 Å². The Morgan fingerprint density at radius 3 is 2.50 bits per heavy atom. The van der Waals surface area contributed by atoms with Crippen LogP contribution in [0.1, 0.15) is 10.5 Å². The fourth-order valence-electron chi connectivity index (χ4n) is 1.64. The van der Waals surface area contributed by atoms with Gasteiger partial charge in [0.2, 0.25) is 0 Å². The van der Waals surface area contributed by atoms with Gasteiger partial charge < -0.3 is 15.3 Å². The number of aromatic nitrogens is 2. The van der Waals surface area contributed by atoms with Gasteiger partial charge in [-0.1, -0.05) is 0 Å². The summed E-state index contributed by atoms with van der Waals surface area (Å²) in [5, 5.41) is 28.4. The topological polar surface area (TPSA) is 95.1 Å². The van der Waals surface area contributed by atoms with E-state index in [2.05, 4.69) is 4.98 Å². The van der Waals surface area contributed by atoms with Crippen LogP contribution < -0.4 is 10.9 Å². The summed E-state index contributed by atoms with van der Waals surface area (Å²) in [6.45, 7) is 0. The van der Waals surface area contributed by atoms with Crippen molar-refractivity contribution in [2.45, 2.75) is 0 Å². The van der Waals surface area contributed by atoms with Crippen LogP contribution in [0.5, 0.6) is 11.6 Å². The van der Waals surface area contributed by atoms with Gasteiger partial charge in [-0.2, -0.15) is 0 Å². The van der Waals surface area contributed by atoms with E-state index in [9.17, 15) is 15.0 Å². The average Bonchev–Trinajstić information content (AvgIpc) is 2.67. The van der Waals surface area contributed by atoms with Crippen molar-refractivity contribution < 1.29 is 20.1 Å². The van der Waals surface area contributed by atoms with E-state index in [0.717, 1.165) is 10.6 Å². The maximum Gasteiger partial charge on any atom is 0.354 e. The number of rotatable bonds is 1. The van der Waals surface area contributed by atoms with E-state index in [1.165, 1.54) is 7.85 Å². The third-order valence-corrected chi connectivity index (χ3v) is 2.57. The molecule has 0 atom stereocenters. The molecule has 8 heteroatoms. The quantitative estimate of drug-likeness (QED) is 0.442. The molecule has 0 aliphatic heterocycles. The Kier molecular flexibility index (Phi) is 2.08. The predicted molar refractivity (Wildman–Crippen MR) is 61.8 cm³/mol. The fourth-order valence-corrected chi connectivity index (χ4v) is 1.64. The molecule has 16 heavy (non-hydrogen) atoms. The highest BCUT2D eigenvalue weighted by atomic mass is 16.4. The van der Waals surface area contributed by atoms with Crippen molar-refractivity contribution in [3.05, 3.63) is 11.9 Å². The maximum atomic E-state index is 10.9. The molecular weight excluding hydrogens is 210 g/mol. The lowest BCUT2D eigenvalue weighted by molar-refractivity contribution is 0.0688. The van der Waals surface area contributed by atoms with Crippen molar-refractivity contribution in [2.75, 3.05) is 0 Å². The molecule has 0 unspecified atom stereocenters. The summed E-state index contributed by atoms with van der Waals surface area (Å²) in [6, 6.07) is 0. The molecule has 0 spiro atoms. The van der Waals surface area contributed by atoms with E-state index >= 15 is 0 Å². The van der Waals surface area contributed by atoms with E-state index in [-0.39, 0.29) is 28.4 Å². The van der Waals surface area contributed by atoms with Crippen molar-refractivity contribution in [1.29, 1.82) is 0 Å². The highest BCUT2D eigenvalue weighted by Gasteiger charge is 2.19. The van der Waals surface area contributed by atoms with Crippen molar-refractivity contribution in [3.63, 3.8) is 0 Å². The van der Waals surface area contributed by atoms with Crippen LogP contribution in [0, 0.1) is 0 Å². The lowest BCUT2D eigenvalue weighted by Crippen LogP contribution is -2.21. The van der Waals surface area contributed by atoms with Gasteiger partial charge in [-0.3, -0.25) is 4.40 Å². The largest absolute Gasteiger partial charge is 0.509 e. The summed E-state index contributed by atoms with van der Waals surface area (Å²) in [7, 11) is 3.11. The van der Waals surface area contributed by atoms with E-state index in [1.807, 2.05) is 0 Å². The molecule has 2 heterocycles. The van der Waals surface area contributed by atoms with Gasteiger partial charge >= 0.3 is 5.97 Å². The number of carbonyl (C=O) groups is 1. The summed E-state index contributed by atoms with van der Waals surface area (Å²) in [4.78, 5) is 14.8. The molecule has 0 saturated carbocycles. The van der Waals surface area contributed by atoms with Crippen LogP contribution >= 0.6 is 0 Å². The van der Waals surface area contributed by atoms with Gasteiger partial charge in [-0.05, 0) is 5.46 Å². The van der Waals surface area contributed by atoms with Crippen LogP contribution in [-0.4, -0.2) is 46.4 Å². The Bertz CT molecular complexity index is 608. The third kappa shape index (κ3) is 1.16. The number of imidazole rings is 1. The Morgan fingerprint density at radius 1 is 1.31 bits per heavy atom. The highest BCUT2D eigenvalue weighted by molar-refractivity contribution is 6.44. The monoisotopic (exact) mass is 218 g/mol. The van der Waals surface area contributed by atoms with Crippen LogP contribution in [0.25, 0.3) is 5.65 Å². The van der Waals surface area contributed by atoms with Gasteiger partial charge in [-0.25, -0.2) is 9.78 Å². The number of carboxylic acids is 1. The molecule has 3 N–H and O–H groups in total. The zero-order valence-electron chi connectivity index (χ0n) is 8.72. The lowest BCUT2D eigenvalue weighted by atomic mass is 9.87. The molecule has 6 nitrogen and oxygen atoms in total. The highest BCUT2D eigenvalue weighted by Crippen LogP contribution is 2.17. The normalized spacial score (nSPS) is 10.8. The first-order valence-electron chi connectivity index (χ1n) is 4.57. The molecule has 0 saturated heterocycles. The fraction of sp³-hybridized carbons (Fsp3) is 0. The van der Waals surface area contributed by atoms with Gasteiger partial charge in [-0.15, -0.1) is 0 Å². The van der Waals surface area contributed by atoms with Crippen LogP contribution in [0.3, 0.4) is 0 Å². The second kappa shape index (κ2) is 3.19. The summed E-state index contributed by atoms with van der Waals surface area (Å²) < 4.78 is 1.10. The van der Waals surface area contributed by atoms with Gasteiger partial charge in [0.15, 0.2) is 19.4 Å². The molecule has 0 aromatic carbocycles. The molecule has 2 rings (SSSR count). The standard InChI is InChI=1S/C8H8B2N2O4/c9-3-5(13)4(10)7(14)12-2(8(15)16)1-11-6(3)12/h1,13-14H,9-10H2,(H,15,16). The van der Waals surface area contributed by atoms with Gasteiger partial charge in [0.25, 0.3) is 0 Å². The molecule has 0 radical (unpaired) electrons. The number of pyridine rings is 1. The summed E-state index contributed by atoms with van der Waals surface area (Å²) in [6.07, 6.45) is 1.14. The number of aromatic carboxylic acids is 1. The van der Waals surface area contributed by atoms with Crippen LogP contribution in [0.15, 0.2) is 6.20 Å². The minimum Gasteiger partial charge on any atom is -0.509 e. The molecule has 0 aliphatic rings. The van der Waals surface area contributed by atoms with E-state index in [1.54, 1.807) is 7.85 Å². The van der Waals surface area contributed by atoms with Crippen molar-refractivity contribution in [3.8, 4) is 11.6 Å². The Labute approximate surface area is 92.0 Å². The van der Waals surface area contributed by atoms with E-state index in [4.69, 9.17) is 5.11 Å². The summed E-state index contributed by atoms with van der Waals surface area (Å²) >= 11 is 0. The number of carboxylic acid groups (broad SMARTS) is 1. The summed E-state index contributed by atoms with van der Waals surface area (Å²) in [5.41, 5.74) is 0.755. The molecule has 2 aromatic heterocycles. The number of aromatic hydroxyl groups is 2. The third-order valence-electron chi connectivity index (χ3n) is 2.57. The second-order valence-electron chi connectivity index (χ2n) is 3.53. The Balaban J connectivity index is 3.00. The second-order valence-corrected chi connectivity index (χ2v) is 3.53. The minimum absolute atomic E-state index is 0.0764. The first-order chi connectivity index (χ1) is 7.45. The molecule has 0 aliphatic carbocycles. The van der Waals surface area contributed by atoms with Crippen LogP contribution in [-0.2, 0) is 0 Å². The average molecular weight is 218 g/mol. The number of hydrogen-bond acceptors (Lipinski definition) is 4. The minimum atomic E-state index is -1.19. The first-order valence-corrected chi connectivity index (χ1v) is 4.57. The van der Waals surface area contributed by atoms with E-state index < -0.39 is 5.97 Å². The van der Waals surface area contributed by atoms with Crippen molar-refractivity contribution in [1.82, 2.24) is 9.38 Å². The van der Waals surface area contributed by atoms with Crippen LogP contribution in [0.4, 0.5) is 0 Å².